The fourth-order valence-electron chi connectivity index (χ4n) is 1.99. The smallest absolute Gasteiger partial charge is 0.271 e. The standard InChI is InChI=1S/C15H15N5O/c21-15(18-8-6-14-16-9-10-17-14)13-7-11-20(19-13)12-4-2-1-3-5-12/h1-5,7,9-11H,6,8H2,(H,16,17)(H,18,21). The van der Waals surface area contributed by atoms with Crippen molar-refractivity contribution in [2.75, 3.05) is 6.54 Å². The average molecular weight is 281 g/mol. The lowest BCUT2D eigenvalue weighted by molar-refractivity contribution is 0.0948. The van der Waals surface area contributed by atoms with Crippen molar-refractivity contribution in [3.63, 3.8) is 0 Å². The summed E-state index contributed by atoms with van der Waals surface area (Å²) in [5.41, 5.74) is 1.32. The van der Waals surface area contributed by atoms with Gasteiger partial charge in [0.1, 0.15) is 5.82 Å². The Hall–Kier alpha value is -2.89. The minimum absolute atomic E-state index is 0.184. The van der Waals surface area contributed by atoms with Crippen LogP contribution in [0.2, 0.25) is 0 Å². The molecule has 6 nitrogen and oxygen atoms in total. The monoisotopic (exact) mass is 281 g/mol. The quantitative estimate of drug-likeness (QED) is 0.745. The van der Waals surface area contributed by atoms with Gasteiger partial charge in [0.25, 0.3) is 5.91 Å². The number of carbonyl (C=O) groups excluding carboxylic acids is 1. The summed E-state index contributed by atoms with van der Waals surface area (Å²) in [7, 11) is 0. The number of aromatic amines is 1. The summed E-state index contributed by atoms with van der Waals surface area (Å²) in [6, 6.07) is 11.4. The summed E-state index contributed by atoms with van der Waals surface area (Å²) in [6.45, 7) is 0.518. The second-order valence-corrected chi connectivity index (χ2v) is 4.52. The molecule has 2 heterocycles. The molecule has 106 valence electrons. The van der Waals surface area contributed by atoms with Crippen LogP contribution in [0.15, 0.2) is 55.0 Å². The number of hydrogen-bond donors (Lipinski definition) is 2. The van der Waals surface area contributed by atoms with Crippen LogP contribution < -0.4 is 5.32 Å². The molecule has 2 aromatic heterocycles. The Morgan fingerprint density at radius 3 is 2.86 bits per heavy atom. The zero-order valence-corrected chi connectivity index (χ0v) is 11.4. The Bertz CT molecular complexity index is 703. The van der Waals surface area contributed by atoms with Gasteiger partial charge in [-0.3, -0.25) is 4.79 Å². The normalized spacial score (nSPS) is 10.5. The van der Waals surface area contributed by atoms with Gasteiger partial charge in [0.05, 0.1) is 5.69 Å². The lowest BCUT2D eigenvalue weighted by Crippen LogP contribution is -2.26. The van der Waals surface area contributed by atoms with Crippen molar-refractivity contribution in [1.82, 2.24) is 25.1 Å². The minimum atomic E-state index is -0.184. The number of nitrogens with zero attached hydrogens (tertiary/aromatic N) is 3. The lowest BCUT2D eigenvalue weighted by atomic mass is 10.3. The van der Waals surface area contributed by atoms with Crippen LogP contribution in [-0.4, -0.2) is 32.2 Å². The molecule has 0 saturated carbocycles. The molecule has 0 fully saturated rings. The molecule has 0 aliphatic rings. The van der Waals surface area contributed by atoms with Crippen LogP contribution >= 0.6 is 0 Å². The summed E-state index contributed by atoms with van der Waals surface area (Å²) < 4.78 is 1.68. The SMILES string of the molecule is O=C(NCCc1ncc[nH]1)c1ccn(-c2ccccc2)n1. The van der Waals surface area contributed by atoms with Gasteiger partial charge >= 0.3 is 0 Å². The Kier molecular flexibility index (Phi) is 3.77. The molecule has 21 heavy (non-hydrogen) atoms. The number of amides is 1. The van der Waals surface area contributed by atoms with E-state index in [1.807, 2.05) is 30.3 Å². The van der Waals surface area contributed by atoms with Crippen molar-refractivity contribution in [2.45, 2.75) is 6.42 Å². The molecule has 0 atom stereocenters. The maximum atomic E-state index is 12.0. The predicted octanol–water partition coefficient (Wildman–Crippen LogP) is 1.57. The number of aromatic nitrogens is 4. The molecule has 0 saturated heterocycles. The van der Waals surface area contributed by atoms with E-state index >= 15 is 0 Å². The van der Waals surface area contributed by atoms with Gasteiger partial charge in [0.15, 0.2) is 5.69 Å². The average Bonchev–Trinajstić information content (AvgIpc) is 3.20. The minimum Gasteiger partial charge on any atom is -0.350 e. The van der Waals surface area contributed by atoms with Gasteiger partial charge in [-0.2, -0.15) is 5.10 Å². The Morgan fingerprint density at radius 1 is 1.24 bits per heavy atom. The summed E-state index contributed by atoms with van der Waals surface area (Å²) in [4.78, 5) is 19.1. The van der Waals surface area contributed by atoms with Gasteiger partial charge < -0.3 is 10.3 Å². The van der Waals surface area contributed by atoms with Crippen LogP contribution in [0.5, 0.6) is 0 Å². The maximum absolute atomic E-state index is 12.0. The van der Waals surface area contributed by atoms with Crippen LogP contribution in [0.25, 0.3) is 5.69 Å². The van der Waals surface area contributed by atoms with Crippen molar-refractivity contribution in [3.05, 3.63) is 66.5 Å². The molecule has 0 bridgehead atoms. The molecule has 1 aromatic carbocycles. The third kappa shape index (κ3) is 3.17. The van der Waals surface area contributed by atoms with Gasteiger partial charge in [-0.05, 0) is 18.2 Å². The molecule has 3 aromatic rings. The molecule has 0 aliphatic heterocycles. The molecule has 0 spiro atoms. The largest absolute Gasteiger partial charge is 0.350 e. The highest BCUT2D eigenvalue weighted by atomic mass is 16.1. The first-order chi connectivity index (χ1) is 10.3. The molecule has 0 radical (unpaired) electrons. The molecule has 0 aliphatic carbocycles. The molecule has 0 unspecified atom stereocenters. The van der Waals surface area contributed by atoms with E-state index in [1.54, 1.807) is 29.3 Å². The van der Waals surface area contributed by atoms with Crippen molar-refractivity contribution in [2.24, 2.45) is 0 Å². The number of carbonyl (C=O) groups is 1. The van der Waals surface area contributed by atoms with E-state index in [1.165, 1.54) is 0 Å². The molecular weight excluding hydrogens is 266 g/mol. The van der Waals surface area contributed by atoms with E-state index < -0.39 is 0 Å². The number of rotatable bonds is 5. The summed E-state index contributed by atoms with van der Waals surface area (Å²) in [5.74, 6) is 0.668. The zero-order chi connectivity index (χ0) is 14.5. The number of nitrogens with one attached hydrogen (secondary N) is 2. The Balaban J connectivity index is 1.59. The first-order valence-corrected chi connectivity index (χ1v) is 6.70. The van der Waals surface area contributed by atoms with E-state index in [2.05, 4.69) is 20.4 Å². The predicted molar refractivity (Wildman–Crippen MR) is 78.2 cm³/mol. The van der Waals surface area contributed by atoms with Gasteiger partial charge in [0, 0.05) is 31.6 Å². The molecule has 3 rings (SSSR count). The maximum Gasteiger partial charge on any atom is 0.271 e. The second-order valence-electron chi connectivity index (χ2n) is 4.52. The molecular formula is C15H15N5O. The topological polar surface area (TPSA) is 75.6 Å². The van der Waals surface area contributed by atoms with Gasteiger partial charge in [-0.1, -0.05) is 18.2 Å². The number of H-pyrrole nitrogens is 1. The second kappa shape index (κ2) is 6.04. The van der Waals surface area contributed by atoms with Crippen molar-refractivity contribution in [1.29, 1.82) is 0 Å². The zero-order valence-electron chi connectivity index (χ0n) is 11.4. The van der Waals surface area contributed by atoms with Crippen LogP contribution in [0.1, 0.15) is 16.3 Å². The van der Waals surface area contributed by atoms with Gasteiger partial charge in [-0.25, -0.2) is 9.67 Å². The Morgan fingerprint density at radius 2 is 2.10 bits per heavy atom. The van der Waals surface area contributed by atoms with Crippen LogP contribution in [0, 0.1) is 0 Å². The number of para-hydroxylation sites is 1. The summed E-state index contributed by atoms with van der Waals surface area (Å²) >= 11 is 0. The molecule has 2 N–H and O–H groups in total. The number of hydrogen-bond acceptors (Lipinski definition) is 3. The van der Waals surface area contributed by atoms with Crippen molar-refractivity contribution < 1.29 is 4.79 Å². The molecule has 6 heteroatoms. The van der Waals surface area contributed by atoms with E-state index in [-0.39, 0.29) is 5.91 Å². The fraction of sp³-hybridized carbons (Fsp3) is 0.133. The van der Waals surface area contributed by atoms with E-state index in [9.17, 15) is 4.79 Å². The van der Waals surface area contributed by atoms with E-state index in [4.69, 9.17) is 0 Å². The number of benzene rings is 1. The number of imidazole rings is 1. The first kappa shape index (κ1) is 13.1. The lowest BCUT2D eigenvalue weighted by Gasteiger charge is -2.02. The van der Waals surface area contributed by atoms with Gasteiger partial charge in [0.2, 0.25) is 0 Å². The fourth-order valence-corrected chi connectivity index (χ4v) is 1.99. The first-order valence-electron chi connectivity index (χ1n) is 6.70. The van der Waals surface area contributed by atoms with Crippen LogP contribution in [0.4, 0.5) is 0 Å². The Labute approximate surface area is 121 Å². The third-order valence-electron chi connectivity index (χ3n) is 3.04. The molecule has 1 amide bonds. The van der Waals surface area contributed by atoms with E-state index in [0.717, 1.165) is 11.5 Å². The highest BCUT2D eigenvalue weighted by Gasteiger charge is 2.09. The highest BCUT2D eigenvalue weighted by Crippen LogP contribution is 2.06. The van der Waals surface area contributed by atoms with Gasteiger partial charge in [-0.15, -0.1) is 0 Å². The summed E-state index contributed by atoms with van der Waals surface area (Å²) in [5, 5.41) is 7.10. The van der Waals surface area contributed by atoms with Crippen LogP contribution in [0.3, 0.4) is 0 Å². The van der Waals surface area contributed by atoms with Crippen molar-refractivity contribution >= 4 is 5.91 Å². The summed E-state index contributed by atoms with van der Waals surface area (Å²) in [6.07, 6.45) is 5.90. The van der Waals surface area contributed by atoms with Crippen molar-refractivity contribution in [3.8, 4) is 5.69 Å². The third-order valence-corrected chi connectivity index (χ3v) is 3.04. The van der Waals surface area contributed by atoms with E-state index in [0.29, 0.717) is 18.7 Å². The highest BCUT2D eigenvalue weighted by molar-refractivity contribution is 5.92. The van der Waals surface area contributed by atoms with Crippen LogP contribution in [-0.2, 0) is 6.42 Å².